The van der Waals surface area contributed by atoms with Crippen LogP contribution in [0.1, 0.15) is 13.3 Å². The van der Waals surface area contributed by atoms with E-state index in [4.69, 9.17) is 0 Å². The number of aromatic nitrogens is 2. The van der Waals surface area contributed by atoms with Crippen molar-refractivity contribution in [3.8, 4) is 0 Å². The Labute approximate surface area is 86.5 Å². The van der Waals surface area contributed by atoms with Crippen LogP contribution in [0.4, 0.5) is 14.5 Å². The van der Waals surface area contributed by atoms with Gasteiger partial charge in [0.05, 0.1) is 18.3 Å². The standard InChI is InChI=1S/C9H13F2N3O/c1-9(10,11)4-8(15)14(3)7-5-12-13(2)6-7/h5-6H,4H2,1-3H3. The van der Waals surface area contributed by atoms with Gasteiger partial charge in [-0.3, -0.25) is 9.48 Å². The largest absolute Gasteiger partial charge is 0.312 e. The van der Waals surface area contributed by atoms with E-state index in [1.54, 1.807) is 13.2 Å². The lowest BCUT2D eigenvalue weighted by Gasteiger charge is -2.17. The number of amides is 1. The van der Waals surface area contributed by atoms with Crippen LogP contribution in [0.25, 0.3) is 0 Å². The highest BCUT2D eigenvalue weighted by Gasteiger charge is 2.28. The Bertz CT molecular complexity index is 356. The molecule has 1 aromatic heterocycles. The molecule has 0 saturated carbocycles. The van der Waals surface area contributed by atoms with Gasteiger partial charge in [-0.25, -0.2) is 8.78 Å². The molecule has 84 valence electrons. The summed E-state index contributed by atoms with van der Waals surface area (Å²) >= 11 is 0. The van der Waals surface area contributed by atoms with E-state index in [9.17, 15) is 13.6 Å². The average Bonchev–Trinajstić information content (AvgIpc) is 2.47. The SMILES string of the molecule is CN(C(=O)CC(C)(F)F)c1cnn(C)c1. The lowest BCUT2D eigenvalue weighted by atomic mass is 10.2. The lowest BCUT2D eigenvalue weighted by Crippen LogP contribution is -2.30. The van der Waals surface area contributed by atoms with Gasteiger partial charge in [0.1, 0.15) is 0 Å². The third-order valence-electron chi connectivity index (χ3n) is 1.91. The fraction of sp³-hybridized carbons (Fsp3) is 0.556. The molecule has 0 aliphatic carbocycles. The van der Waals surface area contributed by atoms with Crippen LogP contribution in [-0.2, 0) is 11.8 Å². The topological polar surface area (TPSA) is 38.1 Å². The summed E-state index contributed by atoms with van der Waals surface area (Å²) in [7, 11) is 3.14. The highest BCUT2D eigenvalue weighted by molar-refractivity contribution is 5.92. The maximum atomic E-state index is 12.6. The Morgan fingerprint density at radius 1 is 1.67 bits per heavy atom. The summed E-state index contributed by atoms with van der Waals surface area (Å²) in [5.41, 5.74) is 0.506. The molecule has 0 saturated heterocycles. The molecular formula is C9H13F2N3O. The van der Waals surface area contributed by atoms with Crippen LogP contribution in [0.3, 0.4) is 0 Å². The molecular weight excluding hydrogens is 204 g/mol. The molecule has 15 heavy (non-hydrogen) atoms. The van der Waals surface area contributed by atoms with E-state index in [1.807, 2.05) is 0 Å². The van der Waals surface area contributed by atoms with Crippen molar-refractivity contribution in [1.82, 2.24) is 9.78 Å². The molecule has 0 fully saturated rings. The Morgan fingerprint density at radius 3 is 2.67 bits per heavy atom. The van der Waals surface area contributed by atoms with Gasteiger partial charge in [0.2, 0.25) is 5.91 Å². The van der Waals surface area contributed by atoms with Crippen LogP contribution in [0, 0.1) is 0 Å². The van der Waals surface area contributed by atoms with Gasteiger partial charge in [0, 0.05) is 20.3 Å². The molecule has 0 unspecified atom stereocenters. The molecule has 6 heteroatoms. The zero-order chi connectivity index (χ0) is 11.6. The average molecular weight is 217 g/mol. The Morgan fingerprint density at radius 2 is 2.27 bits per heavy atom. The van der Waals surface area contributed by atoms with Crippen LogP contribution >= 0.6 is 0 Å². The molecule has 1 rings (SSSR count). The molecule has 1 aromatic rings. The number of halogens is 2. The number of anilines is 1. The minimum Gasteiger partial charge on any atom is -0.312 e. The van der Waals surface area contributed by atoms with Crippen LogP contribution in [0.15, 0.2) is 12.4 Å². The van der Waals surface area contributed by atoms with Gasteiger partial charge in [-0.15, -0.1) is 0 Å². The number of rotatable bonds is 3. The third kappa shape index (κ3) is 3.30. The fourth-order valence-electron chi connectivity index (χ4n) is 1.11. The van der Waals surface area contributed by atoms with Crippen molar-refractivity contribution in [2.75, 3.05) is 11.9 Å². The molecule has 0 bridgehead atoms. The van der Waals surface area contributed by atoms with Gasteiger partial charge in [-0.05, 0) is 6.92 Å². The molecule has 0 aliphatic heterocycles. The quantitative estimate of drug-likeness (QED) is 0.768. The van der Waals surface area contributed by atoms with Crippen molar-refractivity contribution < 1.29 is 13.6 Å². The van der Waals surface area contributed by atoms with Gasteiger partial charge in [0.25, 0.3) is 5.92 Å². The summed E-state index contributed by atoms with van der Waals surface area (Å²) in [6.07, 6.45) is 2.25. The minimum atomic E-state index is -2.98. The van der Waals surface area contributed by atoms with Gasteiger partial charge in [0.15, 0.2) is 0 Å². The zero-order valence-corrected chi connectivity index (χ0v) is 8.87. The second kappa shape index (κ2) is 3.96. The predicted octanol–water partition coefficient (Wildman–Crippen LogP) is 1.43. The van der Waals surface area contributed by atoms with Crippen molar-refractivity contribution in [2.45, 2.75) is 19.3 Å². The maximum Gasteiger partial charge on any atom is 0.254 e. The summed E-state index contributed by atoms with van der Waals surface area (Å²) in [5, 5.41) is 3.85. The number of alkyl halides is 2. The number of carbonyl (C=O) groups is 1. The molecule has 0 radical (unpaired) electrons. The highest BCUT2D eigenvalue weighted by Crippen LogP contribution is 2.20. The van der Waals surface area contributed by atoms with E-state index in [2.05, 4.69) is 5.10 Å². The molecule has 0 atom stereocenters. The van der Waals surface area contributed by atoms with Gasteiger partial charge in [-0.2, -0.15) is 5.10 Å². The van der Waals surface area contributed by atoms with Crippen molar-refractivity contribution in [2.24, 2.45) is 7.05 Å². The van der Waals surface area contributed by atoms with E-state index in [0.717, 1.165) is 6.92 Å². The molecule has 1 heterocycles. The van der Waals surface area contributed by atoms with Crippen LogP contribution in [0.5, 0.6) is 0 Å². The number of nitrogens with zero attached hydrogens (tertiary/aromatic N) is 3. The van der Waals surface area contributed by atoms with Crippen molar-refractivity contribution >= 4 is 11.6 Å². The van der Waals surface area contributed by atoms with E-state index in [0.29, 0.717) is 5.69 Å². The molecule has 1 amide bonds. The number of hydrogen-bond acceptors (Lipinski definition) is 2. The Kier molecular flexibility index (Phi) is 3.06. The minimum absolute atomic E-state index is 0.506. The molecule has 0 spiro atoms. The van der Waals surface area contributed by atoms with E-state index >= 15 is 0 Å². The monoisotopic (exact) mass is 217 g/mol. The molecule has 0 N–H and O–H groups in total. The van der Waals surface area contributed by atoms with Crippen LogP contribution in [0.2, 0.25) is 0 Å². The maximum absolute atomic E-state index is 12.6. The number of carbonyl (C=O) groups excluding carboxylic acids is 1. The Balaban J connectivity index is 2.69. The zero-order valence-electron chi connectivity index (χ0n) is 8.87. The highest BCUT2D eigenvalue weighted by atomic mass is 19.3. The normalized spacial score (nSPS) is 11.5. The smallest absolute Gasteiger partial charge is 0.254 e. The molecule has 0 aliphatic rings. The third-order valence-corrected chi connectivity index (χ3v) is 1.91. The lowest BCUT2D eigenvalue weighted by molar-refractivity contribution is -0.124. The number of aryl methyl sites for hydroxylation is 1. The van der Waals surface area contributed by atoms with Crippen LogP contribution in [-0.4, -0.2) is 28.7 Å². The first-order valence-corrected chi connectivity index (χ1v) is 4.42. The van der Waals surface area contributed by atoms with Gasteiger partial charge < -0.3 is 4.90 Å². The van der Waals surface area contributed by atoms with E-state index < -0.39 is 18.3 Å². The summed E-state index contributed by atoms with van der Waals surface area (Å²) in [6.45, 7) is 0.724. The number of hydrogen-bond donors (Lipinski definition) is 0. The first-order chi connectivity index (χ1) is 6.79. The second-order valence-electron chi connectivity index (χ2n) is 3.57. The Hall–Kier alpha value is -1.46. The van der Waals surface area contributed by atoms with Crippen molar-refractivity contribution in [3.63, 3.8) is 0 Å². The first-order valence-electron chi connectivity index (χ1n) is 4.42. The van der Waals surface area contributed by atoms with Gasteiger partial charge in [-0.1, -0.05) is 0 Å². The summed E-state index contributed by atoms with van der Waals surface area (Å²) in [4.78, 5) is 12.5. The first kappa shape index (κ1) is 11.6. The van der Waals surface area contributed by atoms with Gasteiger partial charge >= 0.3 is 0 Å². The van der Waals surface area contributed by atoms with Crippen LogP contribution < -0.4 is 4.90 Å². The molecule has 0 aromatic carbocycles. The second-order valence-corrected chi connectivity index (χ2v) is 3.57. The summed E-state index contributed by atoms with van der Waals surface area (Å²) < 4.78 is 26.7. The van der Waals surface area contributed by atoms with E-state index in [1.165, 1.54) is 22.8 Å². The van der Waals surface area contributed by atoms with E-state index in [-0.39, 0.29) is 0 Å². The summed E-state index contributed by atoms with van der Waals surface area (Å²) in [6, 6.07) is 0. The summed E-state index contributed by atoms with van der Waals surface area (Å²) in [5.74, 6) is -3.61. The van der Waals surface area contributed by atoms with Crippen molar-refractivity contribution in [1.29, 1.82) is 0 Å². The van der Waals surface area contributed by atoms with Crippen molar-refractivity contribution in [3.05, 3.63) is 12.4 Å². The molecule has 4 nitrogen and oxygen atoms in total. The predicted molar refractivity (Wildman–Crippen MR) is 51.9 cm³/mol. The fourth-order valence-corrected chi connectivity index (χ4v) is 1.11.